The van der Waals surface area contributed by atoms with Crippen LogP contribution in [-0.4, -0.2) is 18.5 Å². The van der Waals surface area contributed by atoms with Gasteiger partial charge >= 0.3 is 0 Å². The molecule has 1 fully saturated rings. The van der Waals surface area contributed by atoms with Crippen LogP contribution in [-0.2, 0) is 4.79 Å². The molecule has 1 amide bonds. The molecule has 19 heavy (non-hydrogen) atoms. The Hall–Kier alpha value is -0.280. The second-order valence-corrected chi connectivity index (χ2v) is 6.54. The third-order valence-corrected chi connectivity index (χ3v) is 4.42. The number of rotatable bonds is 5. The van der Waals surface area contributed by atoms with Gasteiger partial charge in [0.25, 0.3) is 0 Å². The summed E-state index contributed by atoms with van der Waals surface area (Å²) in [6.45, 7) is 9.41. The molecule has 0 aromatic rings. The van der Waals surface area contributed by atoms with Crippen molar-refractivity contribution in [3.63, 3.8) is 0 Å². The number of nitrogens with one attached hydrogen (secondary N) is 1. The largest absolute Gasteiger partial charge is 0.354 e. The number of halogens is 1. The van der Waals surface area contributed by atoms with Crippen LogP contribution in [0.3, 0.4) is 0 Å². The molecule has 3 N–H and O–H groups in total. The third-order valence-electron chi connectivity index (χ3n) is 4.42. The van der Waals surface area contributed by atoms with Gasteiger partial charge in [0.2, 0.25) is 5.91 Å². The van der Waals surface area contributed by atoms with Gasteiger partial charge in [0.15, 0.2) is 0 Å². The summed E-state index contributed by atoms with van der Waals surface area (Å²) in [5.41, 5.74) is 5.83. The smallest absolute Gasteiger partial charge is 0.237 e. The molecule has 0 spiro atoms. The molecule has 1 atom stereocenters. The van der Waals surface area contributed by atoms with Crippen molar-refractivity contribution in [2.45, 2.75) is 59.4 Å². The zero-order chi connectivity index (χ0) is 13.7. The number of carbonyl (C=O) groups is 1. The molecule has 0 aromatic carbocycles. The summed E-state index contributed by atoms with van der Waals surface area (Å²) >= 11 is 0. The lowest BCUT2D eigenvalue weighted by molar-refractivity contribution is -0.123. The second-order valence-electron chi connectivity index (χ2n) is 6.54. The van der Waals surface area contributed by atoms with Gasteiger partial charge in [0.1, 0.15) is 0 Å². The van der Waals surface area contributed by atoms with Crippen LogP contribution in [0.25, 0.3) is 0 Å². The molecular formula is C15H31ClN2O. The summed E-state index contributed by atoms with van der Waals surface area (Å²) in [7, 11) is 0. The van der Waals surface area contributed by atoms with Crippen molar-refractivity contribution in [3.8, 4) is 0 Å². The third kappa shape index (κ3) is 6.13. The summed E-state index contributed by atoms with van der Waals surface area (Å²) < 4.78 is 0. The molecule has 0 unspecified atom stereocenters. The number of amides is 1. The van der Waals surface area contributed by atoms with Crippen LogP contribution in [0, 0.1) is 23.7 Å². The molecule has 0 radical (unpaired) electrons. The molecule has 1 aliphatic rings. The van der Waals surface area contributed by atoms with E-state index in [1.165, 1.54) is 25.7 Å². The van der Waals surface area contributed by atoms with Crippen LogP contribution in [0.5, 0.6) is 0 Å². The molecule has 0 heterocycles. The predicted octanol–water partition coefficient (Wildman–Crippen LogP) is 2.97. The Morgan fingerprint density at radius 3 is 2.11 bits per heavy atom. The average Bonchev–Trinajstić information content (AvgIpc) is 2.35. The highest BCUT2D eigenvalue weighted by molar-refractivity contribution is 5.85. The number of hydrogen-bond donors (Lipinski definition) is 2. The van der Waals surface area contributed by atoms with Gasteiger partial charge in [-0.2, -0.15) is 0 Å². The van der Waals surface area contributed by atoms with Gasteiger partial charge in [0, 0.05) is 6.54 Å². The van der Waals surface area contributed by atoms with Gasteiger partial charge < -0.3 is 11.1 Å². The second kappa shape index (κ2) is 8.80. The van der Waals surface area contributed by atoms with Crippen molar-refractivity contribution in [3.05, 3.63) is 0 Å². The number of hydrogen-bond acceptors (Lipinski definition) is 2. The van der Waals surface area contributed by atoms with Gasteiger partial charge in [-0.25, -0.2) is 0 Å². The summed E-state index contributed by atoms with van der Waals surface area (Å²) in [6.07, 6.45) is 5.13. The number of carbonyl (C=O) groups excluding carboxylic acids is 1. The minimum absolute atomic E-state index is 0. The maximum Gasteiger partial charge on any atom is 0.237 e. The van der Waals surface area contributed by atoms with E-state index in [2.05, 4.69) is 19.2 Å². The Bertz CT molecular complexity index is 261. The zero-order valence-corrected chi connectivity index (χ0v) is 13.6. The molecule has 0 aliphatic heterocycles. The van der Waals surface area contributed by atoms with Crippen molar-refractivity contribution in [1.82, 2.24) is 5.32 Å². The molecular weight excluding hydrogens is 260 g/mol. The molecule has 1 rings (SSSR count). The first-order valence-corrected chi connectivity index (χ1v) is 7.45. The van der Waals surface area contributed by atoms with E-state index in [9.17, 15) is 4.79 Å². The molecule has 1 saturated carbocycles. The summed E-state index contributed by atoms with van der Waals surface area (Å²) in [6, 6.07) is -0.364. The summed E-state index contributed by atoms with van der Waals surface area (Å²) in [5, 5.41) is 3.01. The fourth-order valence-electron chi connectivity index (χ4n) is 2.72. The lowest BCUT2D eigenvalue weighted by atomic mass is 9.77. The van der Waals surface area contributed by atoms with Crippen LogP contribution < -0.4 is 11.1 Å². The van der Waals surface area contributed by atoms with Crippen molar-refractivity contribution in [1.29, 1.82) is 0 Å². The Balaban J connectivity index is 0.00000324. The summed E-state index contributed by atoms with van der Waals surface area (Å²) in [4.78, 5) is 11.8. The van der Waals surface area contributed by atoms with E-state index in [-0.39, 0.29) is 30.3 Å². The molecule has 114 valence electrons. The lowest BCUT2D eigenvalue weighted by Crippen LogP contribution is -2.45. The molecule has 3 nitrogen and oxygen atoms in total. The van der Waals surface area contributed by atoms with E-state index in [1.807, 2.05) is 13.8 Å². The van der Waals surface area contributed by atoms with Crippen LogP contribution in [0.15, 0.2) is 0 Å². The van der Waals surface area contributed by atoms with E-state index in [0.717, 1.165) is 18.4 Å². The van der Waals surface area contributed by atoms with E-state index >= 15 is 0 Å². The van der Waals surface area contributed by atoms with Gasteiger partial charge in [-0.05, 0) is 49.4 Å². The highest BCUT2D eigenvalue weighted by Gasteiger charge is 2.24. The first-order valence-electron chi connectivity index (χ1n) is 7.45. The highest BCUT2D eigenvalue weighted by atomic mass is 35.5. The fraction of sp³-hybridized carbons (Fsp3) is 0.933. The zero-order valence-electron chi connectivity index (χ0n) is 12.8. The van der Waals surface area contributed by atoms with Gasteiger partial charge in [-0.15, -0.1) is 12.4 Å². The van der Waals surface area contributed by atoms with Crippen molar-refractivity contribution in [2.24, 2.45) is 29.4 Å². The Morgan fingerprint density at radius 1 is 1.16 bits per heavy atom. The quantitative estimate of drug-likeness (QED) is 0.818. The van der Waals surface area contributed by atoms with E-state index < -0.39 is 0 Å². The van der Waals surface area contributed by atoms with Gasteiger partial charge in [-0.1, -0.05) is 27.7 Å². The van der Waals surface area contributed by atoms with Crippen LogP contribution in [0.4, 0.5) is 0 Å². The number of nitrogens with two attached hydrogens (primary N) is 1. The van der Waals surface area contributed by atoms with Crippen LogP contribution >= 0.6 is 12.4 Å². The maximum absolute atomic E-state index is 11.8. The van der Waals surface area contributed by atoms with Gasteiger partial charge in [0.05, 0.1) is 6.04 Å². The Morgan fingerprint density at radius 2 is 1.68 bits per heavy atom. The minimum Gasteiger partial charge on any atom is -0.354 e. The first kappa shape index (κ1) is 18.7. The fourth-order valence-corrected chi connectivity index (χ4v) is 2.72. The highest BCUT2D eigenvalue weighted by Crippen LogP contribution is 2.32. The Labute approximate surface area is 124 Å². The molecule has 4 heteroatoms. The van der Waals surface area contributed by atoms with Crippen molar-refractivity contribution < 1.29 is 4.79 Å². The first-order chi connectivity index (χ1) is 8.41. The van der Waals surface area contributed by atoms with Crippen LogP contribution in [0.1, 0.15) is 53.4 Å². The predicted molar refractivity (Wildman–Crippen MR) is 83.4 cm³/mol. The monoisotopic (exact) mass is 290 g/mol. The topological polar surface area (TPSA) is 55.1 Å². The van der Waals surface area contributed by atoms with E-state index in [4.69, 9.17) is 5.73 Å². The standard InChI is InChI=1S/C15H30N2O.ClH/c1-10(2)13-7-5-12(6-8-13)9-17-15(18)14(16)11(3)4;/h10-14H,5-9,16H2,1-4H3,(H,17,18);1H/t12?,13?,14-;/m0./s1. The van der Waals surface area contributed by atoms with E-state index in [0.29, 0.717) is 5.92 Å². The van der Waals surface area contributed by atoms with Crippen molar-refractivity contribution >= 4 is 18.3 Å². The summed E-state index contributed by atoms with van der Waals surface area (Å²) in [5.74, 6) is 2.56. The van der Waals surface area contributed by atoms with E-state index in [1.54, 1.807) is 0 Å². The SMILES string of the molecule is CC(C)C1CCC(CNC(=O)[C@@H](N)C(C)C)CC1.Cl. The van der Waals surface area contributed by atoms with Crippen molar-refractivity contribution in [2.75, 3.05) is 6.54 Å². The average molecular weight is 291 g/mol. The lowest BCUT2D eigenvalue weighted by Gasteiger charge is -2.31. The Kier molecular flexibility index (Phi) is 8.67. The maximum atomic E-state index is 11.8. The normalized spacial score (nSPS) is 25.0. The molecule has 0 bridgehead atoms. The van der Waals surface area contributed by atoms with Gasteiger partial charge in [-0.3, -0.25) is 4.79 Å². The minimum atomic E-state index is -0.364. The molecule has 0 aromatic heterocycles. The molecule has 0 saturated heterocycles. The van der Waals surface area contributed by atoms with Crippen LogP contribution in [0.2, 0.25) is 0 Å². The molecule has 1 aliphatic carbocycles.